The molecule has 2 unspecified atom stereocenters. The number of aliphatic hydroxyl groups excluding tert-OH is 4. The lowest BCUT2D eigenvalue weighted by molar-refractivity contribution is -0.195. The molecule has 11 atom stereocenters. The average molecular weight is 491 g/mol. The molecule has 5 nitrogen and oxygen atoms in total. The normalized spacial score (nSPS) is 53.5. The first-order valence-electron chi connectivity index (χ1n) is 14.2. The number of fused-ring (bicyclic) bond motifs is 2. The second-order valence-corrected chi connectivity index (χ2v) is 15.0. The topological polar surface area (TPSA) is 101 Å². The molecule has 5 rings (SSSR count). The van der Waals surface area contributed by atoms with Gasteiger partial charge in [-0.05, 0) is 111 Å². The molecule has 5 fully saturated rings. The van der Waals surface area contributed by atoms with E-state index in [0.717, 1.165) is 38.5 Å². The molecule has 5 aliphatic carbocycles. The minimum absolute atomic E-state index is 0.0340. The molecule has 35 heavy (non-hydrogen) atoms. The zero-order chi connectivity index (χ0) is 25.8. The Morgan fingerprint density at radius 2 is 1.63 bits per heavy atom. The summed E-state index contributed by atoms with van der Waals surface area (Å²) in [5.74, 6) is 0.626. The van der Waals surface area contributed by atoms with Gasteiger partial charge in [-0.2, -0.15) is 0 Å². The standard InChI is InChI=1S/C30H50O5/c1-25(2)22(33)11-12-30-17-29(30)14-13-27(5)18(9-7-8-10-23(34)26(3,4)35)20(32)16-28(27,6)21(29)15-19(31)24(25)30/h7,9,18-24,31-35H,8,10-17H2,1-6H3/b9-7-/t18-,19-,20-,21?,22-,23-,24?,27+,28-,29-,30+/m0/s1. The summed E-state index contributed by atoms with van der Waals surface area (Å²) in [4.78, 5) is 0. The van der Waals surface area contributed by atoms with Crippen molar-refractivity contribution in [1.82, 2.24) is 0 Å². The first-order chi connectivity index (χ1) is 16.1. The monoisotopic (exact) mass is 490 g/mol. The molecule has 5 N–H and O–H groups in total. The Bertz CT molecular complexity index is 876. The van der Waals surface area contributed by atoms with Crippen molar-refractivity contribution in [2.24, 2.45) is 44.8 Å². The van der Waals surface area contributed by atoms with Crippen LogP contribution in [0.2, 0.25) is 0 Å². The predicted octanol–water partition coefficient (Wildman–Crippen LogP) is 4.20. The van der Waals surface area contributed by atoms with E-state index in [1.165, 1.54) is 6.42 Å². The number of aliphatic hydroxyl groups is 5. The van der Waals surface area contributed by atoms with E-state index in [1.807, 2.05) is 0 Å². The molecule has 0 aliphatic heterocycles. The summed E-state index contributed by atoms with van der Waals surface area (Å²) in [7, 11) is 0. The van der Waals surface area contributed by atoms with Crippen LogP contribution in [-0.2, 0) is 0 Å². The Balaban J connectivity index is 1.40. The molecule has 5 aliphatic rings. The largest absolute Gasteiger partial charge is 0.393 e. The van der Waals surface area contributed by atoms with Crippen LogP contribution in [0, 0.1) is 44.8 Å². The van der Waals surface area contributed by atoms with E-state index < -0.39 is 23.9 Å². The Hall–Kier alpha value is -0.460. The van der Waals surface area contributed by atoms with Gasteiger partial charge in [0.2, 0.25) is 0 Å². The van der Waals surface area contributed by atoms with Crippen LogP contribution >= 0.6 is 0 Å². The van der Waals surface area contributed by atoms with Crippen molar-refractivity contribution in [2.45, 2.75) is 129 Å². The molecule has 0 heterocycles. The maximum absolute atomic E-state index is 11.6. The molecular weight excluding hydrogens is 440 g/mol. The van der Waals surface area contributed by atoms with Gasteiger partial charge in [0.25, 0.3) is 0 Å². The van der Waals surface area contributed by atoms with Gasteiger partial charge in [-0.1, -0.05) is 39.8 Å². The minimum Gasteiger partial charge on any atom is -0.393 e. The average Bonchev–Trinajstić information content (AvgIpc) is 3.34. The third-order valence-corrected chi connectivity index (χ3v) is 12.9. The van der Waals surface area contributed by atoms with Crippen LogP contribution in [0.25, 0.3) is 0 Å². The van der Waals surface area contributed by atoms with E-state index >= 15 is 0 Å². The summed E-state index contributed by atoms with van der Waals surface area (Å²) >= 11 is 0. The number of hydrogen-bond donors (Lipinski definition) is 5. The summed E-state index contributed by atoms with van der Waals surface area (Å²) in [6.07, 6.45) is 10.4. The van der Waals surface area contributed by atoms with Crippen LogP contribution in [-0.4, -0.2) is 55.5 Å². The Labute approximate surface area is 212 Å². The second kappa shape index (κ2) is 7.79. The summed E-state index contributed by atoms with van der Waals surface area (Å²) in [5.41, 5.74) is -1.05. The van der Waals surface area contributed by atoms with Crippen LogP contribution < -0.4 is 0 Å². The summed E-state index contributed by atoms with van der Waals surface area (Å²) in [6, 6.07) is 0. The molecule has 0 aromatic rings. The van der Waals surface area contributed by atoms with Crippen molar-refractivity contribution in [3.05, 3.63) is 12.2 Å². The zero-order valence-electron chi connectivity index (χ0n) is 22.8. The fourth-order valence-electron chi connectivity index (χ4n) is 10.7. The van der Waals surface area contributed by atoms with Crippen molar-refractivity contribution in [2.75, 3.05) is 0 Å². The van der Waals surface area contributed by atoms with E-state index in [-0.39, 0.29) is 45.0 Å². The first kappa shape index (κ1) is 26.2. The minimum atomic E-state index is -1.10. The lowest BCUT2D eigenvalue weighted by Crippen LogP contribution is -2.61. The van der Waals surface area contributed by atoms with Gasteiger partial charge in [0.15, 0.2) is 0 Å². The Morgan fingerprint density at radius 1 is 0.943 bits per heavy atom. The zero-order valence-corrected chi connectivity index (χ0v) is 22.8. The van der Waals surface area contributed by atoms with Crippen molar-refractivity contribution in [3.63, 3.8) is 0 Å². The maximum atomic E-state index is 11.6. The lowest BCUT2D eigenvalue weighted by atomic mass is 9.41. The molecule has 2 spiro atoms. The SMILES string of the molecule is CC(C)(O)[C@@H](O)CC/C=C\[C@H]1[C@@H](O)C[C@@]2(C)C3C[C@H](O)C4C(C)(C)[C@@H](O)CC[C@@]45C[C@@]35CC[C@]12C. The van der Waals surface area contributed by atoms with Crippen molar-refractivity contribution in [3.8, 4) is 0 Å². The summed E-state index contributed by atoms with van der Waals surface area (Å²) in [6.45, 7) is 12.4. The first-order valence-corrected chi connectivity index (χ1v) is 14.2. The van der Waals surface area contributed by atoms with Crippen LogP contribution in [0.15, 0.2) is 12.2 Å². The van der Waals surface area contributed by atoms with Gasteiger partial charge in [-0.3, -0.25) is 0 Å². The quantitative estimate of drug-likeness (QED) is 0.372. The molecule has 0 aromatic carbocycles. The summed E-state index contributed by atoms with van der Waals surface area (Å²) < 4.78 is 0. The van der Waals surface area contributed by atoms with Gasteiger partial charge in [0.1, 0.15) is 0 Å². The highest BCUT2D eigenvalue weighted by Gasteiger charge is 2.84. The molecule has 5 heteroatoms. The number of rotatable bonds is 5. The fraction of sp³-hybridized carbons (Fsp3) is 0.933. The van der Waals surface area contributed by atoms with Gasteiger partial charge in [-0.15, -0.1) is 0 Å². The third-order valence-electron chi connectivity index (χ3n) is 12.9. The molecule has 0 radical (unpaired) electrons. The third kappa shape index (κ3) is 3.30. The van der Waals surface area contributed by atoms with E-state index in [9.17, 15) is 25.5 Å². The van der Waals surface area contributed by atoms with Gasteiger partial charge in [-0.25, -0.2) is 0 Å². The van der Waals surface area contributed by atoms with E-state index in [4.69, 9.17) is 0 Å². The highest BCUT2D eigenvalue weighted by atomic mass is 16.3. The van der Waals surface area contributed by atoms with Crippen LogP contribution in [0.3, 0.4) is 0 Å². The van der Waals surface area contributed by atoms with E-state index in [2.05, 4.69) is 39.8 Å². The van der Waals surface area contributed by atoms with Gasteiger partial charge in [0.05, 0.1) is 30.0 Å². The highest BCUT2D eigenvalue weighted by molar-refractivity contribution is 5.33. The Morgan fingerprint density at radius 3 is 2.29 bits per heavy atom. The van der Waals surface area contributed by atoms with Gasteiger partial charge < -0.3 is 25.5 Å². The molecular formula is C30H50O5. The number of allylic oxidation sites excluding steroid dienone is 1. The molecule has 0 saturated heterocycles. The molecule has 0 aromatic heterocycles. The Kier molecular flexibility index (Phi) is 5.82. The maximum Gasteiger partial charge on any atom is 0.0849 e. The van der Waals surface area contributed by atoms with Gasteiger partial charge in [0, 0.05) is 5.92 Å². The van der Waals surface area contributed by atoms with Crippen molar-refractivity contribution in [1.29, 1.82) is 0 Å². The van der Waals surface area contributed by atoms with Crippen LogP contribution in [0.5, 0.6) is 0 Å². The van der Waals surface area contributed by atoms with Crippen LogP contribution in [0.1, 0.15) is 99.3 Å². The van der Waals surface area contributed by atoms with Crippen LogP contribution in [0.4, 0.5) is 0 Å². The van der Waals surface area contributed by atoms with Crippen molar-refractivity contribution >= 4 is 0 Å². The van der Waals surface area contributed by atoms with Gasteiger partial charge >= 0.3 is 0 Å². The van der Waals surface area contributed by atoms with E-state index in [1.54, 1.807) is 13.8 Å². The molecule has 200 valence electrons. The summed E-state index contributed by atoms with van der Waals surface area (Å²) in [5, 5.41) is 54.0. The van der Waals surface area contributed by atoms with E-state index in [0.29, 0.717) is 18.8 Å². The second-order valence-electron chi connectivity index (χ2n) is 15.0. The number of hydrogen-bond acceptors (Lipinski definition) is 5. The molecule has 0 amide bonds. The van der Waals surface area contributed by atoms with Crippen molar-refractivity contribution < 1.29 is 25.5 Å². The highest BCUT2D eigenvalue weighted by Crippen LogP contribution is 2.88. The lowest BCUT2D eigenvalue weighted by Gasteiger charge is -2.63. The smallest absolute Gasteiger partial charge is 0.0849 e. The molecule has 5 saturated carbocycles. The predicted molar refractivity (Wildman–Crippen MR) is 136 cm³/mol. The fourth-order valence-corrected chi connectivity index (χ4v) is 10.7. The molecule has 0 bridgehead atoms.